The van der Waals surface area contributed by atoms with Gasteiger partial charge in [-0.25, -0.2) is 4.68 Å². The molecule has 0 fully saturated rings. The van der Waals surface area contributed by atoms with Gasteiger partial charge in [0, 0.05) is 45.7 Å². The van der Waals surface area contributed by atoms with Crippen molar-refractivity contribution in [1.82, 2.24) is 9.24 Å². The summed E-state index contributed by atoms with van der Waals surface area (Å²) in [6.45, 7) is 10.4. The molecule has 2 aromatic carbocycles. The van der Waals surface area contributed by atoms with Gasteiger partial charge in [0.1, 0.15) is 0 Å². The summed E-state index contributed by atoms with van der Waals surface area (Å²) < 4.78 is 3.98. The highest BCUT2D eigenvalue weighted by molar-refractivity contribution is 7.07. The fourth-order valence-electron chi connectivity index (χ4n) is 3.74. The van der Waals surface area contributed by atoms with E-state index in [1.54, 1.807) is 22.9 Å². The van der Waals surface area contributed by atoms with Crippen molar-refractivity contribution < 1.29 is 4.92 Å². The number of non-ortho nitro benzene ring substituents is 1. The highest BCUT2D eigenvalue weighted by Gasteiger charge is 2.12. The molecular weight excluding hydrogens is 446 g/mol. The van der Waals surface area contributed by atoms with Crippen LogP contribution in [0.4, 0.5) is 5.69 Å². The molecule has 34 heavy (non-hydrogen) atoms. The predicted molar refractivity (Wildman–Crippen MR) is 138 cm³/mol. The van der Waals surface area contributed by atoms with Gasteiger partial charge < -0.3 is 4.57 Å². The molecule has 8 heteroatoms. The summed E-state index contributed by atoms with van der Waals surface area (Å²) in [4.78, 5) is 15.9. The summed E-state index contributed by atoms with van der Waals surface area (Å²) in [5.41, 5.74) is 7.21. The average Bonchev–Trinajstić information content (AvgIpc) is 3.36. The van der Waals surface area contributed by atoms with Crippen LogP contribution in [-0.2, 0) is 0 Å². The molecule has 0 unspecified atom stereocenters. The van der Waals surface area contributed by atoms with E-state index in [4.69, 9.17) is 5.10 Å². The SMILES string of the molecule is C=CCN=c1scc(-c2ccc([N+](=O)[O-])cc2)n1N=Cc1cc(C)n(-c2ccc(C)cc2)c1C. The summed E-state index contributed by atoms with van der Waals surface area (Å²) in [5.74, 6) is 0. The van der Waals surface area contributed by atoms with Crippen LogP contribution in [0.5, 0.6) is 0 Å². The van der Waals surface area contributed by atoms with E-state index in [1.807, 2.05) is 11.6 Å². The maximum Gasteiger partial charge on any atom is 0.269 e. The molecule has 0 amide bonds. The molecule has 7 nitrogen and oxygen atoms in total. The lowest BCUT2D eigenvalue weighted by Gasteiger charge is -2.09. The average molecular weight is 472 g/mol. The first kappa shape index (κ1) is 23.1. The van der Waals surface area contributed by atoms with Gasteiger partial charge in [-0.15, -0.1) is 17.9 Å². The van der Waals surface area contributed by atoms with Crippen LogP contribution in [0.3, 0.4) is 0 Å². The molecule has 0 saturated carbocycles. The van der Waals surface area contributed by atoms with Crippen molar-refractivity contribution in [3.05, 3.63) is 110 Å². The van der Waals surface area contributed by atoms with Crippen LogP contribution >= 0.6 is 11.3 Å². The first-order valence-corrected chi connectivity index (χ1v) is 11.6. The number of nitro benzene ring substituents is 1. The predicted octanol–water partition coefficient (Wildman–Crippen LogP) is 5.81. The molecule has 4 rings (SSSR count). The molecule has 2 aromatic heterocycles. The topological polar surface area (TPSA) is 77.7 Å². The van der Waals surface area contributed by atoms with Gasteiger partial charge in [0.2, 0.25) is 4.80 Å². The van der Waals surface area contributed by atoms with Crippen molar-refractivity contribution in [2.24, 2.45) is 10.1 Å². The summed E-state index contributed by atoms with van der Waals surface area (Å²) in [5, 5.41) is 17.8. The Bertz CT molecular complexity index is 1440. The van der Waals surface area contributed by atoms with E-state index < -0.39 is 4.92 Å². The van der Waals surface area contributed by atoms with Crippen LogP contribution < -0.4 is 4.80 Å². The first-order chi connectivity index (χ1) is 16.4. The van der Waals surface area contributed by atoms with Gasteiger partial charge in [0.25, 0.3) is 5.69 Å². The lowest BCUT2D eigenvalue weighted by molar-refractivity contribution is -0.384. The number of rotatable bonds is 7. The standard InChI is InChI=1S/C26H25N5O2S/c1-5-14-27-26-30(25(17-34-26)21-8-12-24(13-9-21)31(32)33)28-16-22-15-19(3)29(20(22)4)23-10-6-18(2)7-11-23/h5-13,15-17H,1,14H2,2-4H3. The van der Waals surface area contributed by atoms with E-state index >= 15 is 0 Å². The summed E-state index contributed by atoms with van der Waals surface area (Å²) in [7, 11) is 0. The Kier molecular flexibility index (Phi) is 6.70. The van der Waals surface area contributed by atoms with Gasteiger partial charge in [-0.2, -0.15) is 5.10 Å². The number of thiazole rings is 1. The Morgan fingerprint density at radius 2 is 1.79 bits per heavy atom. The minimum absolute atomic E-state index is 0.0501. The number of benzene rings is 2. The molecule has 0 atom stereocenters. The molecule has 0 saturated heterocycles. The molecule has 0 spiro atoms. The fourth-order valence-corrected chi connectivity index (χ4v) is 4.59. The number of hydrogen-bond donors (Lipinski definition) is 0. The third-order valence-electron chi connectivity index (χ3n) is 5.49. The summed E-state index contributed by atoms with van der Waals surface area (Å²) >= 11 is 1.46. The van der Waals surface area contributed by atoms with E-state index in [0.29, 0.717) is 6.54 Å². The second-order valence-electron chi connectivity index (χ2n) is 7.89. The second-order valence-corrected chi connectivity index (χ2v) is 8.73. The molecule has 0 aliphatic heterocycles. The van der Waals surface area contributed by atoms with E-state index in [0.717, 1.165) is 38.7 Å². The maximum absolute atomic E-state index is 11.0. The Morgan fingerprint density at radius 1 is 1.09 bits per heavy atom. The van der Waals surface area contributed by atoms with Gasteiger partial charge in [0.05, 0.1) is 23.4 Å². The van der Waals surface area contributed by atoms with E-state index in [2.05, 4.69) is 67.2 Å². The molecule has 2 heterocycles. The second kappa shape index (κ2) is 9.84. The number of hydrogen-bond acceptors (Lipinski definition) is 5. The van der Waals surface area contributed by atoms with E-state index in [1.165, 1.54) is 29.0 Å². The summed E-state index contributed by atoms with van der Waals surface area (Å²) in [6.07, 6.45) is 3.57. The Hall–Kier alpha value is -4.04. The molecule has 172 valence electrons. The molecular formula is C26H25N5O2S. The molecule has 0 N–H and O–H groups in total. The van der Waals surface area contributed by atoms with Crippen LogP contribution in [0.15, 0.2) is 82.7 Å². The molecule has 0 radical (unpaired) electrons. The van der Waals surface area contributed by atoms with Crippen LogP contribution in [-0.4, -0.2) is 26.9 Å². The number of nitro groups is 1. The van der Waals surface area contributed by atoms with Gasteiger partial charge in [-0.1, -0.05) is 23.8 Å². The zero-order valence-corrected chi connectivity index (χ0v) is 20.1. The maximum atomic E-state index is 11.0. The monoisotopic (exact) mass is 471 g/mol. The Morgan fingerprint density at radius 3 is 2.44 bits per heavy atom. The largest absolute Gasteiger partial charge is 0.318 e. The van der Waals surface area contributed by atoms with Gasteiger partial charge >= 0.3 is 0 Å². The van der Waals surface area contributed by atoms with Crippen molar-refractivity contribution in [3.63, 3.8) is 0 Å². The van der Waals surface area contributed by atoms with Gasteiger partial charge in [-0.3, -0.25) is 15.1 Å². The van der Waals surface area contributed by atoms with Crippen molar-refractivity contribution in [1.29, 1.82) is 0 Å². The van der Waals surface area contributed by atoms with E-state index in [-0.39, 0.29) is 5.69 Å². The summed E-state index contributed by atoms with van der Waals surface area (Å²) in [6, 6.07) is 17.0. The quantitative estimate of drug-likeness (QED) is 0.148. The van der Waals surface area contributed by atoms with Crippen molar-refractivity contribution in [2.75, 3.05) is 6.54 Å². The van der Waals surface area contributed by atoms with Crippen LogP contribution in [0.2, 0.25) is 0 Å². The molecule has 4 aromatic rings. The van der Waals surface area contributed by atoms with Gasteiger partial charge in [-0.05, 0) is 51.1 Å². The number of aryl methyl sites for hydroxylation is 2. The smallest absolute Gasteiger partial charge is 0.269 e. The highest BCUT2D eigenvalue weighted by Crippen LogP contribution is 2.24. The zero-order chi connectivity index (χ0) is 24.2. The fraction of sp³-hybridized carbons (Fsp3) is 0.154. The number of nitrogens with zero attached hydrogens (tertiary/aromatic N) is 5. The lowest BCUT2D eigenvalue weighted by atomic mass is 10.1. The molecule has 0 aliphatic carbocycles. The third kappa shape index (κ3) is 4.67. The van der Waals surface area contributed by atoms with E-state index in [9.17, 15) is 10.1 Å². The van der Waals surface area contributed by atoms with Crippen LogP contribution in [0.1, 0.15) is 22.5 Å². The highest BCUT2D eigenvalue weighted by atomic mass is 32.1. The van der Waals surface area contributed by atoms with Crippen molar-refractivity contribution >= 4 is 23.2 Å². The molecule has 0 bridgehead atoms. The van der Waals surface area contributed by atoms with Crippen LogP contribution in [0.25, 0.3) is 16.9 Å². The minimum atomic E-state index is -0.404. The van der Waals surface area contributed by atoms with Crippen molar-refractivity contribution in [3.8, 4) is 16.9 Å². The molecule has 0 aliphatic rings. The Balaban J connectivity index is 1.76. The normalized spacial score (nSPS) is 11.9. The van der Waals surface area contributed by atoms with Gasteiger partial charge in [0.15, 0.2) is 0 Å². The third-order valence-corrected chi connectivity index (χ3v) is 6.34. The zero-order valence-electron chi connectivity index (χ0n) is 19.3. The van der Waals surface area contributed by atoms with Crippen LogP contribution in [0, 0.1) is 30.9 Å². The van der Waals surface area contributed by atoms with Crippen molar-refractivity contribution in [2.45, 2.75) is 20.8 Å². The first-order valence-electron chi connectivity index (χ1n) is 10.8. The number of aromatic nitrogens is 2. The Labute approximate surface area is 201 Å². The minimum Gasteiger partial charge on any atom is -0.318 e. The lowest BCUT2D eigenvalue weighted by Crippen LogP contribution is -2.12.